The number of carbonyl (C=O) groups excluding carboxylic acids is 1. The Morgan fingerprint density at radius 3 is 2.48 bits per heavy atom. The summed E-state index contributed by atoms with van der Waals surface area (Å²) in [5.74, 6) is -0.256. The first-order valence-electron chi connectivity index (χ1n) is 9.16. The van der Waals surface area contributed by atoms with Crippen LogP contribution in [0.25, 0.3) is 0 Å². The number of nitrogens with one attached hydrogen (secondary N) is 1. The van der Waals surface area contributed by atoms with Crippen molar-refractivity contribution in [2.45, 2.75) is 24.3 Å². The number of fused-ring (bicyclic) bond motifs is 1. The van der Waals surface area contributed by atoms with Gasteiger partial charge in [0, 0.05) is 17.4 Å². The van der Waals surface area contributed by atoms with Gasteiger partial charge in [0.05, 0.1) is 15.5 Å². The molecule has 29 heavy (non-hydrogen) atoms. The Morgan fingerprint density at radius 1 is 1.03 bits per heavy atom. The summed E-state index contributed by atoms with van der Waals surface area (Å²) in [6.45, 7) is 1.98. The number of amides is 1. The van der Waals surface area contributed by atoms with E-state index in [0.29, 0.717) is 0 Å². The Bertz CT molecular complexity index is 1180. The molecule has 148 valence electrons. The average molecular weight is 427 g/mol. The molecule has 0 fully saturated rings. The number of hydrogen-bond donors (Lipinski definition) is 1. The lowest BCUT2D eigenvalue weighted by atomic mass is 10.1. The van der Waals surface area contributed by atoms with E-state index in [1.807, 2.05) is 31.2 Å². The van der Waals surface area contributed by atoms with E-state index in [9.17, 15) is 13.2 Å². The van der Waals surface area contributed by atoms with E-state index in [0.717, 1.165) is 17.7 Å². The summed E-state index contributed by atoms with van der Waals surface area (Å²) in [6, 6.07) is 20.4. The molecule has 0 unspecified atom stereocenters. The first-order valence-corrected chi connectivity index (χ1v) is 11.0. The summed E-state index contributed by atoms with van der Waals surface area (Å²) in [5, 5.41) is 0.272. The smallest absolute Gasteiger partial charge is 0.261 e. The molecule has 7 heteroatoms. The molecule has 1 heterocycles. The van der Waals surface area contributed by atoms with Gasteiger partial charge in [-0.2, -0.15) is 0 Å². The normalized spacial score (nSPS) is 15.8. The third-order valence-corrected chi connectivity index (χ3v) is 6.66. The highest BCUT2D eigenvalue weighted by Crippen LogP contribution is 2.34. The number of nitrogens with zero attached hydrogens (tertiary/aromatic N) is 1. The summed E-state index contributed by atoms with van der Waals surface area (Å²) in [4.78, 5) is 15.2. The van der Waals surface area contributed by atoms with E-state index in [4.69, 9.17) is 11.6 Å². The molecule has 0 aliphatic carbocycles. The Hall–Kier alpha value is -2.83. The van der Waals surface area contributed by atoms with E-state index in [1.165, 1.54) is 24.3 Å². The highest BCUT2D eigenvalue weighted by Gasteiger charge is 2.32. The molecule has 0 saturated heterocycles. The zero-order valence-electron chi connectivity index (χ0n) is 15.7. The van der Waals surface area contributed by atoms with Gasteiger partial charge in [0.2, 0.25) is 0 Å². The molecule has 3 aromatic carbocycles. The largest absolute Gasteiger partial charge is 0.305 e. The van der Waals surface area contributed by atoms with E-state index < -0.39 is 10.0 Å². The molecule has 1 aliphatic rings. The number of rotatable bonds is 4. The number of sulfonamides is 1. The zero-order chi connectivity index (χ0) is 20.6. The number of hydrogen-bond acceptors (Lipinski definition) is 3. The van der Waals surface area contributed by atoms with Crippen molar-refractivity contribution in [2.24, 2.45) is 0 Å². The molecule has 1 amide bonds. The van der Waals surface area contributed by atoms with Crippen molar-refractivity contribution < 1.29 is 13.2 Å². The quantitative estimate of drug-likeness (QED) is 0.655. The number of halogens is 1. The summed E-state index contributed by atoms with van der Waals surface area (Å²) >= 11 is 6.31. The second kappa shape index (κ2) is 7.54. The van der Waals surface area contributed by atoms with Gasteiger partial charge in [-0.15, -0.1) is 0 Å². The molecule has 0 radical (unpaired) electrons. The topological polar surface area (TPSA) is 66.5 Å². The first-order chi connectivity index (χ1) is 13.9. The van der Waals surface area contributed by atoms with E-state index >= 15 is 0 Å². The maximum absolute atomic E-state index is 13.3. The van der Waals surface area contributed by atoms with Gasteiger partial charge in [-0.05, 0) is 55.3 Å². The van der Waals surface area contributed by atoms with Crippen molar-refractivity contribution in [1.82, 2.24) is 0 Å². The molecule has 1 N–H and O–H groups in total. The lowest BCUT2D eigenvalue weighted by molar-refractivity contribution is 0.0981. The fraction of sp³-hybridized carbons (Fsp3) is 0.136. The number of carbonyl (C=O) groups is 1. The van der Waals surface area contributed by atoms with Crippen LogP contribution in [0.15, 0.2) is 77.7 Å². The molecule has 4 rings (SSSR count). The van der Waals surface area contributed by atoms with E-state index in [-0.39, 0.29) is 33.1 Å². The van der Waals surface area contributed by atoms with Crippen LogP contribution < -0.4 is 9.62 Å². The highest BCUT2D eigenvalue weighted by molar-refractivity contribution is 7.92. The molecule has 0 spiro atoms. The Morgan fingerprint density at radius 2 is 1.72 bits per heavy atom. The summed E-state index contributed by atoms with van der Waals surface area (Å²) in [7, 11) is -3.77. The molecule has 3 aromatic rings. The minimum atomic E-state index is -3.77. The molecule has 1 atom stereocenters. The average Bonchev–Trinajstić information content (AvgIpc) is 3.05. The maximum Gasteiger partial charge on any atom is 0.261 e. The van der Waals surface area contributed by atoms with Crippen molar-refractivity contribution in [3.8, 4) is 0 Å². The minimum Gasteiger partial charge on any atom is -0.305 e. The van der Waals surface area contributed by atoms with Gasteiger partial charge in [-0.1, -0.05) is 48.0 Å². The first kappa shape index (κ1) is 19.5. The van der Waals surface area contributed by atoms with Crippen molar-refractivity contribution in [1.29, 1.82) is 0 Å². The predicted molar refractivity (Wildman–Crippen MR) is 115 cm³/mol. The monoisotopic (exact) mass is 426 g/mol. The SMILES string of the molecule is C[C@H]1Cc2ccccc2N1C(=O)c1cc(NS(=O)(=O)c2ccccc2)ccc1Cl. The summed E-state index contributed by atoms with van der Waals surface area (Å²) < 4.78 is 27.7. The third kappa shape index (κ3) is 3.73. The standard InChI is InChI=1S/C22H19ClN2O3S/c1-15-13-16-7-5-6-10-21(16)25(15)22(26)19-14-17(11-12-20(19)23)24-29(27,28)18-8-3-2-4-9-18/h2-12,14-15,24H,13H2,1H3/t15-/m0/s1. The van der Waals surface area contributed by atoms with E-state index in [2.05, 4.69) is 4.72 Å². The molecular weight excluding hydrogens is 408 g/mol. The second-order valence-corrected chi connectivity index (χ2v) is 9.06. The van der Waals surface area contributed by atoms with Crippen LogP contribution >= 0.6 is 11.6 Å². The maximum atomic E-state index is 13.3. The summed E-state index contributed by atoms with van der Waals surface area (Å²) in [5.41, 5.74) is 2.49. The van der Waals surface area contributed by atoms with E-state index in [1.54, 1.807) is 29.2 Å². The van der Waals surface area contributed by atoms with Gasteiger partial charge in [0.1, 0.15) is 0 Å². The third-order valence-electron chi connectivity index (χ3n) is 4.93. The van der Waals surface area contributed by atoms with Gasteiger partial charge >= 0.3 is 0 Å². The number of benzene rings is 3. The Labute approximate surface area is 175 Å². The van der Waals surface area contributed by atoms with Gasteiger partial charge in [-0.25, -0.2) is 8.42 Å². The fourth-order valence-corrected chi connectivity index (χ4v) is 4.84. The van der Waals surface area contributed by atoms with Gasteiger partial charge in [0.25, 0.3) is 15.9 Å². The molecule has 0 bridgehead atoms. The second-order valence-electron chi connectivity index (χ2n) is 6.97. The lowest BCUT2D eigenvalue weighted by Crippen LogP contribution is -2.36. The predicted octanol–water partition coefficient (Wildman–Crippen LogP) is 4.73. The van der Waals surface area contributed by atoms with Crippen LogP contribution in [-0.4, -0.2) is 20.4 Å². The van der Waals surface area contributed by atoms with Crippen molar-refractivity contribution >= 4 is 38.9 Å². The van der Waals surface area contributed by atoms with Crippen LogP contribution in [0.5, 0.6) is 0 Å². The highest BCUT2D eigenvalue weighted by atomic mass is 35.5. The molecule has 1 aliphatic heterocycles. The zero-order valence-corrected chi connectivity index (χ0v) is 17.2. The number of anilines is 2. The van der Waals surface area contributed by atoms with Crippen molar-refractivity contribution in [2.75, 3.05) is 9.62 Å². The lowest BCUT2D eigenvalue weighted by Gasteiger charge is -2.23. The minimum absolute atomic E-state index is 0.0133. The van der Waals surface area contributed by atoms with Crippen LogP contribution in [0.4, 0.5) is 11.4 Å². The van der Waals surface area contributed by atoms with Crippen molar-refractivity contribution in [3.05, 3.63) is 88.9 Å². The molecule has 0 saturated carbocycles. The number of para-hydroxylation sites is 1. The van der Waals surface area contributed by atoms with Gasteiger partial charge < -0.3 is 4.90 Å². The van der Waals surface area contributed by atoms with Gasteiger partial charge in [-0.3, -0.25) is 9.52 Å². The molecule has 5 nitrogen and oxygen atoms in total. The van der Waals surface area contributed by atoms with Crippen LogP contribution in [-0.2, 0) is 16.4 Å². The molecular formula is C22H19ClN2O3S. The van der Waals surface area contributed by atoms with Crippen LogP contribution in [0.1, 0.15) is 22.8 Å². The fourth-order valence-electron chi connectivity index (χ4n) is 3.57. The summed E-state index contributed by atoms with van der Waals surface area (Å²) in [6.07, 6.45) is 0.764. The Kier molecular flexibility index (Phi) is 5.06. The molecule has 0 aromatic heterocycles. The van der Waals surface area contributed by atoms with Crippen LogP contribution in [0.3, 0.4) is 0 Å². The Balaban J connectivity index is 1.67. The van der Waals surface area contributed by atoms with Crippen molar-refractivity contribution in [3.63, 3.8) is 0 Å². The van der Waals surface area contributed by atoms with Crippen LogP contribution in [0.2, 0.25) is 5.02 Å². The van der Waals surface area contributed by atoms with Gasteiger partial charge in [0.15, 0.2) is 0 Å². The van der Waals surface area contributed by atoms with Crippen LogP contribution in [0, 0.1) is 0 Å².